The van der Waals surface area contributed by atoms with Gasteiger partial charge in [0.15, 0.2) is 11.5 Å². The van der Waals surface area contributed by atoms with E-state index in [1.807, 2.05) is 37.3 Å². The number of hydrogen-bond donors (Lipinski definition) is 2. The topological polar surface area (TPSA) is 63.4 Å². The molecule has 0 fully saturated rings. The molecule has 0 unspecified atom stereocenters. The molecule has 4 rings (SSSR count). The first-order valence-corrected chi connectivity index (χ1v) is 8.37. The Kier molecular flexibility index (Phi) is 3.84. The quantitative estimate of drug-likeness (QED) is 0.768. The van der Waals surface area contributed by atoms with Crippen LogP contribution < -0.4 is 20.3 Å². The van der Waals surface area contributed by atoms with Crippen LogP contribution in [0.2, 0.25) is 0 Å². The molecule has 1 aliphatic heterocycles. The fourth-order valence-electron chi connectivity index (χ4n) is 3.20. The Balaban J connectivity index is 1.60. The van der Waals surface area contributed by atoms with E-state index < -0.39 is 0 Å². The van der Waals surface area contributed by atoms with Crippen molar-refractivity contribution in [3.63, 3.8) is 0 Å². The number of nitrogens with one attached hydrogen (secondary N) is 2. The highest BCUT2D eigenvalue weighted by Crippen LogP contribution is 2.32. The first kappa shape index (κ1) is 15.6. The maximum Gasteiger partial charge on any atom is 0.253 e. The van der Waals surface area contributed by atoms with E-state index in [0.29, 0.717) is 25.3 Å². The van der Waals surface area contributed by atoms with Crippen LogP contribution in [0.3, 0.4) is 0 Å². The summed E-state index contributed by atoms with van der Waals surface area (Å²) in [6, 6.07) is 11.8. The number of aryl methyl sites for hydroxylation is 2. The second kappa shape index (κ2) is 6.16. The van der Waals surface area contributed by atoms with Crippen molar-refractivity contribution in [2.24, 2.45) is 0 Å². The normalized spacial score (nSPS) is 13.0. The molecule has 0 saturated carbocycles. The minimum Gasteiger partial charge on any atom is -0.486 e. The molecule has 2 aromatic carbocycles. The average Bonchev–Trinajstić information content (AvgIpc) is 2.60. The van der Waals surface area contributed by atoms with Crippen molar-refractivity contribution in [1.29, 1.82) is 0 Å². The number of hydrogen-bond acceptors (Lipinski definition) is 4. The van der Waals surface area contributed by atoms with Gasteiger partial charge < -0.3 is 19.8 Å². The van der Waals surface area contributed by atoms with Crippen molar-refractivity contribution < 1.29 is 9.47 Å². The molecule has 5 nitrogen and oxygen atoms in total. The lowest BCUT2D eigenvalue weighted by Gasteiger charge is -2.19. The third-order valence-corrected chi connectivity index (χ3v) is 4.41. The van der Waals surface area contributed by atoms with Crippen LogP contribution in [0.1, 0.15) is 16.7 Å². The summed E-state index contributed by atoms with van der Waals surface area (Å²) in [4.78, 5) is 15.4. The Morgan fingerprint density at radius 1 is 1.04 bits per heavy atom. The Morgan fingerprint density at radius 3 is 2.68 bits per heavy atom. The van der Waals surface area contributed by atoms with Gasteiger partial charge in [0, 0.05) is 34.8 Å². The van der Waals surface area contributed by atoms with Crippen LogP contribution in [0.4, 0.5) is 5.69 Å². The molecular weight excluding hydrogens is 316 g/mol. The number of pyridine rings is 1. The van der Waals surface area contributed by atoms with Crippen molar-refractivity contribution >= 4 is 16.6 Å². The van der Waals surface area contributed by atoms with Gasteiger partial charge in [0.25, 0.3) is 5.56 Å². The molecule has 0 aliphatic carbocycles. The van der Waals surface area contributed by atoms with Gasteiger partial charge >= 0.3 is 0 Å². The summed E-state index contributed by atoms with van der Waals surface area (Å²) in [6.07, 6.45) is 0. The van der Waals surface area contributed by atoms with E-state index >= 15 is 0 Å². The number of aromatic amines is 1. The summed E-state index contributed by atoms with van der Waals surface area (Å²) in [5, 5.41) is 4.37. The molecule has 0 bridgehead atoms. The van der Waals surface area contributed by atoms with E-state index in [4.69, 9.17) is 9.47 Å². The molecule has 1 aliphatic rings. The molecule has 0 spiro atoms. The Labute approximate surface area is 145 Å². The standard InChI is InChI=1S/C20H20N2O3/c1-12-7-13(2)16-9-14(20(23)22-17(16)8-12)11-21-15-3-4-18-19(10-15)25-6-5-24-18/h3-4,7-10,21H,5-6,11H2,1-2H3,(H,22,23). The first-order valence-electron chi connectivity index (χ1n) is 8.37. The van der Waals surface area contributed by atoms with Crippen molar-refractivity contribution in [3.8, 4) is 11.5 Å². The van der Waals surface area contributed by atoms with Gasteiger partial charge in [-0.05, 0) is 49.2 Å². The molecule has 0 saturated heterocycles. The predicted octanol–water partition coefficient (Wildman–Crippen LogP) is 3.53. The summed E-state index contributed by atoms with van der Waals surface area (Å²) in [5.74, 6) is 1.49. The molecule has 0 amide bonds. The lowest BCUT2D eigenvalue weighted by molar-refractivity contribution is 0.171. The Bertz CT molecular complexity index is 1010. The monoisotopic (exact) mass is 336 g/mol. The Morgan fingerprint density at radius 2 is 1.84 bits per heavy atom. The van der Waals surface area contributed by atoms with Gasteiger partial charge in [0.2, 0.25) is 0 Å². The molecular formula is C20H20N2O3. The number of fused-ring (bicyclic) bond motifs is 2. The van der Waals surface area contributed by atoms with E-state index in [1.165, 1.54) is 0 Å². The number of aromatic nitrogens is 1. The summed E-state index contributed by atoms with van der Waals surface area (Å²) in [7, 11) is 0. The summed E-state index contributed by atoms with van der Waals surface area (Å²) >= 11 is 0. The van der Waals surface area contributed by atoms with Crippen LogP contribution in [0.25, 0.3) is 10.9 Å². The number of H-pyrrole nitrogens is 1. The molecule has 0 radical (unpaired) electrons. The summed E-state index contributed by atoms with van der Waals surface area (Å²) in [6.45, 7) is 5.66. The third-order valence-electron chi connectivity index (χ3n) is 4.41. The van der Waals surface area contributed by atoms with Crippen molar-refractivity contribution in [3.05, 3.63) is 63.4 Å². The molecule has 2 heterocycles. The van der Waals surface area contributed by atoms with Gasteiger partial charge in [0.05, 0.1) is 0 Å². The van der Waals surface area contributed by atoms with Crippen molar-refractivity contribution in [1.82, 2.24) is 4.98 Å². The zero-order valence-electron chi connectivity index (χ0n) is 14.3. The molecule has 3 aromatic rings. The molecule has 2 N–H and O–H groups in total. The molecule has 128 valence electrons. The van der Waals surface area contributed by atoms with Gasteiger partial charge in [-0.3, -0.25) is 4.79 Å². The summed E-state index contributed by atoms with van der Waals surface area (Å²) in [5.41, 5.74) is 4.71. The minimum absolute atomic E-state index is 0.0671. The average molecular weight is 336 g/mol. The largest absolute Gasteiger partial charge is 0.486 e. The molecule has 0 atom stereocenters. The minimum atomic E-state index is -0.0671. The van der Waals surface area contributed by atoms with Crippen LogP contribution in [-0.4, -0.2) is 18.2 Å². The molecule has 25 heavy (non-hydrogen) atoms. The Hall–Kier alpha value is -2.95. The lowest BCUT2D eigenvalue weighted by Crippen LogP contribution is -2.17. The fraction of sp³-hybridized carbons (Fsp3) is 0.250. The van der Waals surface area contributed by atoms with Gasteiger partial charge in [-0.1, -0.05) is 6.07 Å². The fourth-order valence-corrected chi connectivity index (χ4v) is 3.20. The van der Waals surface area contributed by atoms with Crippen LogP contribution in [0.15, 0.2) is 41.2 Å². The maximum absolute atomic E-state index is 12.4. The van der Waals surface area contributed by atoms with Gasteiger partial charge in [-0.2, -0.15) is 0 Å². The van der Waals surface area contributed by atoms with Crippen LogP contribution in [0, 0.1) is 13.8 Å². The highest BCUT2D eigenvalue weighted by molar-refractivity contribution is 5.83. The van der Waals surface area contributed by atoms with E-state index in [2.05, 4.69) is 23.3 Å². The smallest absolute Gasteiger partial charge is 0.253 e. The predicted molar refractivity (Wildman–Crippen MR) is 98.8 cm³/mol. The highest BCUT2D eigenvalue weighted by Gasteiger charge is 2.12. The van der Waals surface area contributed by atoms with Crippen molar-refractivity contribution in [2.75, 3.05) is 18.5 Å². The highest BCUT2D eigenvalue weighted by atomic mass is 16.6. The number of benzene rings is 2. The number of ether oxygens (including phenoxy) is 2. The first-order chi connectivity index (χ1) is 12.1. The van der Waals surface area contributed by atoms with E-state index in [9.17, 15) is 4.79 Å². The molecule has 1 aromatic heterocycles. The van der Waals surface area contributed by atoms with Crippen LogP contribution in [0.5, 0.6) is 11.5 Å². The zero-order chi connectivity index (χ0) is 17.4. The van der Waals surface area contributed by atoms with Gasteiger partial charge in [-0.25, -0.2) is 0 Å². The second-order valence-corrected chi connectivity index (χ2v) is 6.38. The maximum atomic E-state index is 12.4. The van der Waals surface area contributed by atoms with Crippen LogP contribution >= 0.6 is 0 Å². The van der Waals surface area contributed by atoms with E-state index in [0.717, 1.165) is 39.2 Å². The second-order valence-electron chi connectivity index (χ2n) is 6.38. The van der Waals surface area contributed by atoms with Gasteiger partial charge in [-0.15, -0.1) is 0 Å². The van der Waals surface area contributed by atoms with Gasteiger partial charge in [0.1, 0.15) is 13.2 Å². The SMILES string of the molecule is Cc1cc(C)c2cc(CNc3ccc4c(c3)OCCO4)c(=O)[nH]c2c1. The van der Waals surface area contributed by atoms with E-state index in [1.54, 1.807) is 0 Å². The van der Waals surface area contributed by atoms with Crippen LogP contribution in [-0.2, 0) is 6.54 Å². The molecule has 5 heteroatoms. The lowest BCUT2D eigenvalue weighted by atomic mass is 10.0. The zero-order valence-corrected chi connectivity index (χ0v) is 14.3. The third kappa shape index (κ3) is 3.05. The number of rotatable bonds is 3. The summed E-state index contributed by atoms with van der Waals surface area (Å²) < 4.78 is 11.1. The van der Waals surface area contributed by atoms with E-state index in [-0.39, 0.29) is 5.56 Å². The van der Waals surface area contributed by atoms with Crippen molar-refractivity contribution in [2.45, 2.75) is 20.4 Å². The number of anilines is 1.